The number of esters is 1. The first-order valence-corrected chi connectivity index (χ1v) is 7.06. The van der Waals surface area contributed by atoms with Gasteiger partial charge in [-0.25, -0.2) is 0 Å². The molecule has 0 bridgehead atoms. The molecule has 1 aromatic rings. The molecule has 0 radical (unpaired) electrons. The molecule has 6 heteroatoms. The number of rotatable bonds is 6. The number of ether oxygens (including phenoxy) is 1. The van der Waals surface area contributed by atoms with Crippen molar-refractivity contribution in [1.29, 1.82) is 0 Å². The molecular formula is C15H21N3O3. The Balaban J connectivity index is 1.66. The maximum Gasteiger partial charge on any atom is 0.320 e. The van der Waals surface area contributed by atoms with Crippen LogP contribution in [0, 0.1) is 0 Å². The molecule has 0 unspecified atom stereocenters. The Morgan fingerprint density at radius 3 is 2.14 bits per heavy atom. The van der Waals surface area contributed by atoms with Gasteiger partial charge in [-0.1, -0.05) is 30.3 Å². The Hall–Kier alpha value is -1.92. The van der Waals surface area contributed by atoms with E-state index >= 15 is 0 Å². The molecule has 1 aliphatic heterocycles. The molecular weight excluding hydrogens is 270 g/mol. The fourth-order valence-electron chi connectivity index (χ4n) is 2.29. The average Bonchev–Trinajstić information content (AvgIpc) is 2.48. The minimum atomic E-state index is -0.314. The first-order valence-electron chi connectivity index (χ1n) is 7.06. The Morgan fingerprint density at radius 2 is 1.57 bits per heavy atom. The smallest absolute Gasteiger partial charge is 0.320 e. The molecule has 1 heterocycles. The topological polar surface area (TPSA) is 75.9 Å². The zero-order valence-electron chi connectivity index (χ0n) is 12.0. The van der Waals surface area contributed by atoms with Gasteiger partial charge in [0.15, 0.2) is 0 Å². The lowest BCUT2D eigenvalue weighted by molar-refractivity contribution is -0.146. The molecule has 1 fully saturated rings. The normalized spacial score (nSPS) is 16.6. The van der Waals surface area contributed by atoms with Gasteiger partial charge < -0.3 is 10.5 Å². The van der Waals surface area contributed by atoms with Gasteiger partial charge in [0, 0.05) is 26.2 Å². The highest BCUT2D eigenvalue weighted by Crippen LogP contribution is 2.04. The van der Waals surface area contributed by atoms with Gasteiger partial charge in [0.05, 0.1) is 13.1 Å². The number of carbonyl (C=O) groups excluding carboxylic acids is 2. The number of benzene rings is 1. The Kier molecular flexibility index (Phi) is 5.71. The number of piperazine rings is 1. The highest BCUT2D eigenvalue weighted by atomic mass is 16.5. The first kappa shape index (κ1) is 15.5. The molecule has 0 atom stereocenters. The third-order valence-electron chi connectivity index (χ3n) is 3.44. The molecule has 2 rings (SSSR count). The molecule has 0 spiro atoms. The minimum absolute atomic E-state index is 0.220. The highest BCUT2D eigenvalue weighted by molar-refractivity contribution is 5.76. The van der Waals surface area contributed by atoms with Crippen LogP contribution in [0.2, 0.25) is 0 Å². The second-order valence-corrected chi connectivity index (χ2v) is 5.16. The predicted molar refractivity (Wildman–Crippen MR) is 78.3 cm³/mol. The third-order valence-corrected chi connectivity index (χ3v) is 3.44. The van der Waals surface area contributed by atoms with Crippen LogP contribution in [0.3, 0.4) is 0 Å². The van der Waals surface area contributed by atoms with E-state index in [4.69, 9.17) is 10.5 Å². The largest absolute Gasteiger partial charge is 0.460 e. The summed E-state index contributed by atoms with van der Waals surface area (Å²) in [6.45, 7) is 3.86. The van der Waals surface area contributed by atoms with Gasteiger partial charge in [-0.3, -0.25) is 19.4 Å². The second kappa shape index (κ2) is 7.75. The van der Waals surface area contributed by atoms with E-state index in [0.717, 1.165) is 31.7 Å². The average molecular weight is 291 g/mol. The van der Waals surface area contributed by atoms with Crippen molar-refractivity contribution in [3.63, 3.8) is 0 Å². The van der Waals surface area contributed by atoms with Crippen molar-refractivity contribution >= 4 is 11.9 Å². The van der Waals surface area contributed by atoms with Crippen molar-refractivity contribution < 1.29 is 14.3 Å². The summed E-state index contributed by atoms with van der Waals surface area (Å²) in [5.74, 6) is -0.534. The van der Waals surface area contributed by atoms with E-state index < -0.39 is 0 Å². The van der Waals surface area contributed by atoms with Crippen molar-refractivity contribution in [1.82, 2.24) is 9.80 Å². The number of nitrogens with two attached hydrogens (primary N) is 1. The number of amides is 1. The van der Waals surface area contributed by atoms with Crippen molar-refractivity contribution in [3.8, 4) is 0 Å². The van der Waals surface area contributed by atoms with Gasteiger partial charge in [0.1, 0.15) is 6.61 Å². The Bertz CT molecular complexity index is 470. The summed E-state index contributed by atoms with van der Waals surface area (Å²) < 4.78 is 5.25. The van der Waals surface area contributed by atoms with Crippen molar-refractivity contribution in [3.05, 3.63) is 35.9 Å². The fraction of sp³-hybridized carbons (Fsp3) is 0.467. The molecule has 0 aromatic heterocycles. The van der Waals surface area contributed by atoms with E-state index in [1.54, 1.807) is 0 Å². The predicted octanol–water partition coefficient (Wildman–Crippen LogP) is -0.167. The summed E-state index contributed by atoms with van der Waals surface area (Å²) in [5.41, 5.74) is 6.15. The SMILES string of the molecule is NC(=O)CN1CCN(CC(=O)OCc2ccccc2)CC1. The Morgan fingerprint density at radius 1 is 1.00 bits per heavy atom. The summed E-state index contributed by atoms with van der Waals surface area (Å²) in [6.07, 6.45) is 0. The van der Waals surface area contributed by atoms with Crippen LogP contribution < -0.4 is 5.73 Å². The van der Waals surface area contributed by atoms with Gasteiger partial charge in [0.25, 0.3) is 0 Å². The van der Waals surface area contributed by atoms with Crippen molar-refractivity contribution in [2.75, 3.05) is 39.3 Å². The number of nitrogens with zero attached hydrogens (tertiary/aromatic N) is 2. The van der Waals surface area contributed by atoms with E-state index in [1.165, 1.54) is 0 Å². The molecule has 1 aromatic carbocycles. The van der Waals surface area contributed by atoms with Crippen molar-refractivity contribution in [2.24, 2.45) is 5.73 Å². The van der Waals surface area contributed by atoms with Gasteiger partial charge in [-0.2, -0.15) is 0 Å². The van der Waals surface area contributed by atoms with E-state index in [9.17, 15) is 9.59 Å². The van der Waals surface area contributed by atoms with Gasteiger partial charge in [0.2, 0.25) is 5.91 Å². The van der Waals surface area contributed by atoms with E-state index in [1.807, 2.05) is 40.1 Å². The van der Waals surface area contributed by atoms with Gasteiger partial charge in [-0.15, -0.1) is 0 Å². The maximum atomic E-state index is 11.8. The molecule has 21 heavy (non-hydrogen) atoms. The summed E-state index contributed by atoms with van der Waals surface area (Å²) in [7, 11) is 0. The number of hydrogen-bond acceptors (Lipinski definition) is 5. The van der Waals surface area contributed by atoms with Crippen LogP contribution in [0.15, 0.2) is 30.3 Å². The fourth-order valence-corrected chi connectivity index (χ4v) is 2.29. The molecule has 0 aliphatic carbocycles. The van der Waals surface area contributed by atoms with E-state index in [0.29, 0.717) is 6.61 Å². The third kappa shape index (κ3) is 5.53. The zero-order valence-corrected chi connectivity index (χ0v) is 12.0. The molecule has 114 valence electrons. The van der Waals surface area contributed by atoms with Gasteiger partial charge >= 0.3 is 5.97 Å². The van der Waals surface area contributed by atoms with Crippen molar-refractivity contribution in [2.45, 2.75) is 6.61 Å². The molecule has 6 nitrogen and oxygen atoms in total. The van der Waals surface area contributed by atoms with Crippen LogP contribution in [-0.2, 0) is 20.9 Å². The first-order chi connectivity index (χ1) is 10.1. The summed E-state index contributed by atoms with van der Waals surface area (Å²) >= 11 is 0. The maximum absolute atomic E-state index is 11.8. The lowest BCUT2D eigenvalue weighted by Crippen LogP contribution is -2.50. The van der Waals surface area contributed by atoms with E-state index in [-0.39, 0.29) is 25.0 Å². The number of carbonyl (C=O) groups is 2. The van der Waals surface area contributed by atoms with Crippen LogP contribution in [0.4, 0.5) is 0 Å². The zero-order chi connectivity index (χ0) is 15.1. The highest BCUT2D eigenvalue weighted by Gasteiger charge is 2.20. The van der Waals surface area contributed by atoms with Crippen LogP contribution in [0.1, 0.15) is 5.56 Å². The molecule has 1 saturated heterocycles. The lowest BCUT2D eigenvalue weighted by Gasteiger charge is -2.33. The lowest BCUT2D eigenvalue weighted by atomic mass is 10.2. The standard InChI is InChI=1S/C15H21N3O3/c16-14(19)10-17-6-8-18(9-7-17)11-15(20)21-12-13-4-2-1-3-5-13/h1-5H,6-12H2,(H2,16,19). The summed E-state index contributed by atoms with van der Waals surface area (Å²) in [5, 5.41) is 0. The monoisotopic (exact) mass is 291 g/mol. The summed E-state index contributed by atoms with van der Waals surface area (Å²) in [4.78, 5) is 26.7. The van der Waals surface area contributed by atoms with Crippen LogP contribution in [0.5, 0.6) is 0 Å². The molecule has 2 N–H and O–H groups in total. The molecule has 0 saturated carbocycles. The van der Waals surface area contributed by atoms with Gasteiger partial charge in [-0.05, 0) is 5.56 Å². The minimum Gasteiger partial charge on any atom is -0.460 e. The van der Waals surface area contributed by atoms with Crippen LogP contribution >= 0.6 is 0 Å². The quantitative estimate of drug-likeness (QED) is 0.737. The van der Waals surface area contributed by atoms with E-state index in [2.05, 4.69) is 0 Å². The van der Waals surface area contributed by atoms with Crippen LogP contribution in [-0.4, -0.2) is 60.9 Å². The Labute approximate surface area is 124 Å². The number of hydrogen-bond donors (Lipinski definition) is 1. The molecule has 1 amide bonds. The second-order valence-electron chi connectivity index (χ2n) is 5.16. The number of primary amides is 1. The molecule has 1 aliphatic rings. The van der Waals surface area contributed by atoms with Crippen LogP contribution in [0.25, 0.3) is 0 Å². The summed E-state index contributed by atoms with van der Waals surface area (Å²) in [6, 6.07) is 9.62.